The Labute approximate surface area is 127 Å². The van der Waals surface area contributed by atoms with Crippen molar-refractivity contribution in [2.24, 2.45) is 0 Å². The van der Waals surface area contributed by atoms with E-state index in [2.05, 4.69) is 10.6 Å². The summed E-state index contributed by atoms with van der Waals surface area (Å²) in [5.41, 5.74) is 2.39. The minimum absolute atomic E-state index is 0.296. The van der Waals surface area contributed by atoms with Gasteiger partial charge in [0.2, 0.25) is 0 Å². The van der Waals surface area contributed by atoms with E-state index in [0.29, 0.717) is 22.3 Å². The number of nitrogens with one attached hydrogen (secondary N) is 2. The van der Waals surface area contributed by atoms with Crippen LogP contribution in [0.2, 0.25) is 10.0 Å². The summed E-state index contributed by atoms with van der Waals surface area (Å²) in [5.74, 6) is 0. The van der Waals surface area contributed by atoms with Gasteiger partial charge in [-0.1, -0.05) is 47.5 Å². The number of hydrogen-bond donors (Lipinski definition) is 2. The van der Waals surface area contributed by atoms with Crippen molar-refractivity contribution < 1.29 is 4.79 Å². The first-order valence-corrected chi connectivity index (χ1v) is 6.87. The quantitative estimate of drug-likeness (QED) is 0.853. The first kappa shape index (κ1) is 14.7. The van der Waals surface area contributed by atoms with Gasteiger partial charge in [0, 0.05) is 22.3 Å². The number of hydrogen-bond acceptors (Lipinski definition) is 1. The highest BCUT2D eigenvalue weighted by atomic mass is 35.5. The van der Waals surface area contributed by atoms with Crippen LogP contribution in [-0.4, -0.2) is 6.03 Å². The summed E-state index contributed by atoms with van der Waals surface area (Å²) in [7, 11) is 0. The minimum atomic E-state index is -0.296. The van der Waals surface area contributed by atoms with E-state index in [9.17, 15) is 4.79 Å². The first-order chi connectivity index (χ1) is 9.58. The zero-order valence-electron chi connectivity index (χ0n) is 10.9. The van der Waals surface area contributed by atoms with Crippen molar-refractivity contribution in [2.75, 3.05) is 5.32 Å². The van der Waals surface area contributed by atoms with Crippen molar-refractivity contribution in [2.45, 2.75) is 13.5 Å². The van der Waals surface area contributed by atoms with Crippen LogP contribution in [0.15, 0.2) is 42.5 Å². The molecule has 0 fully saturated rings. The zero-order chi connectivity index (χ0) is 14.5. The number of benzene rings is 2. The van der Waals surface area contributed by atoms with E-state index in [0.717, 1.165) is 11.1 Å². The van der Waals surface area contributed by atoms with Crippen LogP contribution in [0.5, 0.6) is 0 Å². The molecule has 0 atom stereocenters. The second-order valence-electron chi connectivity index (χ2n) is 4.31. The van der Waals surface area contributed by atoms with Gasteiger partial charge in [-0.3, -0.25) is 0 Å². The number of urea groups is 1. The molecule has 0 bridgehead atoms. The SMILES string of the molecule is Cc1c(Cl)cccc1NC(=O)NCc1ccccc1Cl. The molecule has 0 aliphatic heterocycles. The molecule has 0 unspecified atom stereocenters. The highest BCUT2D eigenvalue weighted by Gasteiger charge is 2.07. The van der Waals surface area contributed by atoms with E-state index in [4.69, 9.17) is 23.2 Å². The molecule has 0 radical (unpaired) electrons. The lowest BCUT2D eigenvalue weighted by molar-refractivity contribution is 0.251. The summed E-state index contributed by atoms with van der Waals surface area (Å²) >= 11 is 12.0. The van der Waals surface area contributed by atoms with Crippen LogP contribution in [0.4, 0.5) is 10.5 Å². The van der Waals surface area contributed by atoms with Gasteiger partial charge in [0.25, 0.3) is 0 Å². The van der Waals surface area contributed by atoms with Crippen molar-refractivity contribution in [3.8, 4) is 0 Å². The summed E-state index contributed by atoms with van der Waals surface area (Å²) < 4.78 is 0. The van der Waals surface area contributed by atoms with E-state index in [-0.39, 0.29) is 6.03 Å². The van der Waals surface area contributed by atoms with Crippen molar-refractivity contribution >= 4 is 34.9 Å². The third-order valence-corrected chi connectivity index (χ3v) is 3.69. The van der Waals surface area contributed by atoms with E-state index in [1.807, 2.05) is 25.1 Å². The lowest BCUT2D eigenvalue weighted by atomic mass is 10.2. The fourth-order valence-corrected chi connectivity index (χ4v) is 2.10. The van der Waals surface area contributed by atoms with Crippen LogP contribution < -0.4 is 10.6 Å². The Morgan fingerprint density at radius 2 is 1.75 bits per heavy atom. The molecule has 0 aliphatic carbocycles. The van der Waals surface area contributed by atoms with Gasteiger partial charge in [0.1, 0.15) is 0 Å². The Morgan fingerprint density at radius 3 is 2.50 bits per heavy atom. The van der Waals surface area contributed by atoms with Gasteiger partial charge >= 0.3 is 6.03 Å². The molecule has 0 aromatic heterocycles. The monoisotopic (exact) mass is 308 g/mol. The lowest BCUT2D eigenvalue weighted by Crippen LogP contribution is -2.28. The van der Waals surface area contributed by atoms with E-state index in [1.165, 1.54) is 0 Å². The molecule has 0 spiro atoms. The molecule has 2 aromatic rings. The van der Waals surface area contributed by atoms with Crippen molar-refractivity contribution in [3.63, 3.8) is 0 Å². The third kappa shape index (κ3) is 3.65. The summed E-state index contributed by atoms with van der Waals surface area (Å²) in [4.78, 5) is 11.9. The molecule has 20 heavy (non-hydrogen) atoms. The van der Waals surface area contributed by atoms with Crippen molar-refractivity contribution in [3.05, 3.63) is 63.6 Å². The Hall–Kier alpha value is -1.71. The lowest BCUT2D eigenvalue weighted by Gasteiger charge is -2.11. The average molecular weight is 309 g/mol. The van der Waals surface area contributed by atoms with Crippen LogP contribution >= 0.6 is 23.2 Å². The van der Waals surface area contributed by atoms with Gasteiger partial charge in [-0.25, -0.2) is 4.79 Å². The Kier molecular flexibility index (Phi) is 4.88. The second-order valence-corrected chi connectivity index (χ2v) is 5.13. The molecule has 0 aliphatic rings. The minimum Gasteiger partial charge on any atom is -0.334 e. The van der Waals surface area contributed by atoms with Crippen LogP contribution in [0.25, 0.3) is 0 Å². The zero-order valence-corrected chi connectivity index (χ0v) is 12.4. The summed E-state index contributed by atoms with van der Waals surface area (Å²) in [5, 5.41) is 6.77. The smallest absolute Gasteiger partial charge is 0.319 e. The molecule has 0 saturated carbocycles. The van der Waals surface area contributed by atoms with Crippen LogP contribution in [0.1, 0.15) is 11.1 Å². The molecule has 0 saturated heterocycles. The maximum atomic E-state index is 11.9. The van der Waals surface area contributed by atoms with Crippen LogP contribution in [0, 0.1) is 6.92 Å². The van der Waals surface area contributed by atoms with Gasteiger partial charge in [-0.15, -0.1) is 0 Å². The Bertz CT molecular complexity index is 629. The number of rotatable bonds is 3. The Balaban J connectivity index is 1.96. The largest absolute Gasteiger partial charge is 0.334 e. The standard InChI is InChI=1S/C15H14Cl2N2O/c1-10-12(16)7-4-8-14(10)19-15(20)18-9-11-5-2-3-6-13(11)17/h2-8H,9H2,1H3,(H2,18,19,20). The molecule has 2 aromatic carbocycles. The van der Waals surface area contributed by atoms with Gasteiger partial charge in [-0.05, 0) is 36.2 Å². The molecular weight excluding hydrogens is 295 g/mol. The fraction of sp³-hybridized carbons (Fsp3) is 0.133. The highest BCUT2D eigenvalue weighted by molar-refractivity contribution is 6.32. The van der Waals surface area contributed by atoms with Gasteiger partial charge in [0.15, 0.2) is 0 Å². The summed E-state index contributed by atoms with van der Waals surface area (Å²) in [6.07, 6.45) is 0. The fourth-order valence-electron chi connectivity index (χ4n) is 1.73. The van der Waals surface area contributed by atoms with Gasteiger partial charge in [-0.2, -0.15) is 0 Å². The predicted octanol–water partition coefficient (Wildman–Crippen LogP) is 4.62. The number of carbonyl (C=O) groups is 1. The number of anilines is 1. The maximum Gasteiger partial charge on any atom is 0.319 e. The second kappa shape index (κ2) is 6.64. The predicted molar refractivity (Wildman–Crippen MR) is 83.5 cm³/mol. The average Bonchev–Trinajstić information content (AvgIpc) is 2.43. The van der Waals surface area contributed by atoms with Gasteiger partial charge < -0.3 is 10.6 Å². The molecule has 2 rings (SSSR count). The van der Waals surface area contributed by atoms with Gasteiger partial charge in [0.05, 0.1) is 0 Å². The van der Waals surface area contributed by atoms with E-state index >= 15 is 0 Å². The van der Waals surface area contributed by atoms with Crippen molar-refractivity contribution in [1.29, 1.82) is 0 Å². The van der Waals surface area contributed by atoms with Crippen LogP contribution in [0.3, 0.4) is 0 Å². The molecule has 2 N–H and O–H groups in total. The molecule has 104 valence electrons. The van der Waals surface area contributed by atoms with E-state index in [1.54, 1.807) is 24.3 Å². The van der Waals surface area contributed by atoms with E-state index < -0.39 is 0 Å². The third-order valence-electron chi connectivity index (χ3n) is 2.91. The number of carbonyl (C=O) groups excluding carboxylic acids is 1. The van der Waals surface area contributed by atoms with Crippen molar-refractivity contribution in [1.82, 2.24) is 5.32 Å². The summed E-state index contributed by atoms with van der Waals surface area (Å²) in [6, 6.07) is 12.5. The molecule has 3 nitrogen and oxygen atoms in total. The molecular formula is C15H14Cl2N2O. The normalized spacial score (nSPS) is 10.2. The molecule has 2 amide bonds. The summed E-state index contributed by atoms with van der Waals surface area (Å²) in [6.45, 7) is 2.22. The molecule has 5 heteroatoms. The number of halogens is 2. The van der Waals surface area contributed by atoms with Crippen LogP contribution in [-0.2, 0) is 6.54 Å². The number of amides is 2. The molecule has 0 heterocycles. The highest BCUT2D eigenvalue weighted by Crippen LogP contribution is 2.22. The maximum absolute atomic E-state index is 11.9. The topological polar surface area (TPSA) is 41.1 Å². The Morgan fingerprint density at radius 1 is 1.05 bits per heavy atom. The first-order valence-electron chi connectivity index (χ1n) is 6.11.